The van der Waals surface area contributed by atoms with E-state index in [1.165, 1.54) is 0 Å². The van der Waals surface area contributed by atoms with Gasteiger partial charge in [-0.05, 0) is 61.8 Å². The van der Waals surface area contributed by atoms with E-state index in [2.05, 4.69) is 21.2 Å². The molecule has 4 atom stereocenters. The highest BCUT2D eigenvalue weighted by molar-refractivity contribution is 9.10. The summed E-state index contributed by atoms with van der Waals surface area (Å²) in [5, 5.41) is 2.75. The third-order valence-electron chi connectivity index (χ3n) is 6.34. The number of ether oxygens (including phenoxy) is 1. The molecule has 2 aromatic rings. The van der Waals surface area contributed by atoms with Crippen molar-refractivity contribution in [2.75, 3.05) is 11.9 Å². The van der Waals surface area contributed by atoms with Crippen LogP contribution in [-0.4, -0.2) is 24.3 Å². The number of fused-ring (bicyclic) bond motifs is 2. The van der Waals surface area contributed by atoms with Gasteiger partial charge in [0.05, 0.1) is 5.92 Å². The number of ketones is 1. The van der Waals surface area contributed by atoms with Gasteiger partial charge in [-0.25, -0.2) is 0 Å². The Kier molecular flexibility index (Phi) is 6.04. The highest BCUT2D eigenvalue weighted by Gasteiger charge is 2.54. The molecule has 2 saturated carbocycles. The van der Waals surface area contributed by atoms with Crippen molar-refractivity contribution >= 4 is 39.3 Å². The molecule has 2 bridgehead atoms. The monoisotopic (exact) mass is 469 g/mol. The second-order valence-corrected chi connectivity index (χ2v) is 9.09. The van der Waals surface area contributed by atoms with Gasteiger partial charge in [0.25, 0.3) is 5.91 Å². The Morgan fingerprint density at radius 1 is 1.03 bits per heavy atom. The van der Waals surface area contributed by atoms with Crippen molar-refractivity contribution in [3.63, 3.8) is 0 Å². The van der Waals surface area contributed by atoms with Gasteiger partial charge in [0.1, 0.15) is 0 Å². The van der Waals surface area contributed by atoms with Crippen molar-refractivity contribution in [1.29, 1.82) is 0 Å². The molecule has 4 rings (SSSR count). The third-order valence-corrected chi connectivity index (χ3v) is 7.23. The Morgan fingerprint density at radius 3 is 2.43 bits per heavy atom. The molecule has 0 saturated heterocycles. The first-order valence-corrected chi connectivity index (χ1v) is 11.0. The molecule has 1 amide bonds. The second kappa shape index (κ2) is 8.72. The standard InChI is InChI=1S/C24H24BrNO4/c1-14-11-18(9-10-19(14)25)26-20(27)13-30-24(29)22-17-8-7-16(12-17)21(22)23(28)15-5-3-2-4-6-15/h2-6,9-11,16-17,21-22H,7-8,12-13H2,1H3,(H,26,27)/t16-,17-,21+,22+/m0/s1. The van der Waals surface area contributed by atoms with Crippen molar-refractivity contribution < 1.29 is 19.1 Å². The van der Waals surface area contributed by atoms with E-state index in [1.54, 1.807) is 18.2 Å². The van der Waals surface area contributed by atoms with Crippen LogP contribution in [0.4, 0.5) is 5.69 Å². The maximum Gasteiger partial charge on any atom is 0.310 e. The van der Waals surface area contributed by atoms with Crippen LogP contribution in [0.15, 0.2) is 53.0 Å². The van der Waals surface area contributed by atoms with E-state index in [1.807, 2.05) is 37.3 Å². The summed E-state index contributed by atoms with van der Waals surface area (Å²) in [5.41, 5.74) is 2.28. The number of hydrogen-bond acceptors (Lipinski definition) is 4. The van der Waals surface area contributed by atoms with Crippen LogP contribution in [0.2, 0.25) is 0 Å². The summed E-state index contributed by atoms with van der Waals surface area (Å²) in [6.07, 6.45) is 2.79. The molecule has 0 heterocycles. The minimum absolute atomic E-state index is 0.0135. The Bertz CT molecular complexity index is 974. The maximum absolute atomic E-state index is 13.1. The Hall–Kier alpha value is -2.47. The van der Waals surface area contributed by atoms with Gasteiger partial charge in [-0.15, -0.1) is 0 Å². The van der Waals surface area contributed by atoms with E-state index in [9.17, 15) is 14.4 Å². The van der Waals surface area contributed by atoms with Crippen LogP contribution in [0.5, 0.6) is 0 Å². The van der Waals surface area contributed by atoms with E-state index in [4.69, 9.17) is 4.74 Å². The molecule has 5 nitrogen and oxygen atoms in total. The van der Waals surface area contributed by atoms with Crippen molar-refractivity contribution in [1.82, 2.24) is 0 Å². The second-order valence-electron chi connectivity index (χ2n) is 8.23. The number of carbonyl (C=O) groups excluding carboxylic acids is 3. The molecule has 156 valence electrons. The molecule has 0 aliphatic heterocycles. The first kappa shape index (κ1) is 20.8. The molecule has 2 aliphatic carbocycles. The van der Waals surface area contributed by atoms with Crippen LogP contribution in [0.1, 0.15) is 35.2 Å². The number of benzene rings is 2. The number of hydrogen-bond donors (Lipinski definition) is 1. The molecule has 6 heteroatoms. The van der Waals surface area contributed by atoms with Gasteiger partial charge >= 0.3 is 5.97 Å². The van der Waals surface area contributed by atoms with Crippen molar-refractivity contribution in [3.05, 3.63) is 64.1 Å². The zero-order chi connectivity index (χ0) is 21.3. The lowest BCUT2D eigenvalue weighted by atomic mass is 9.75. The summed E-state index contributed by atoms with van der Waals surface area (Å²) < 4.78 is 6.33. The zero-order valence-electron chi connectivity index (χ0n) is 16.8. The summed E-state index contributed by atoms with van der Waals surface area (Å²) in [4.78, 5) is 38.2. The highest BCUT2D eigenvalue weighted by atomic mass is 79.9. The van der Waals surface area contributed by atoms with E-state index in [0.29, 0.717) is 11.3 Å². The number of rotatable bonds is 6. The average Bonchev–Trinajstić information content (AvgIpc) is 3.36. The number of halogens is 1. The molecule has 0 spiro atoms. The number of carbonyl (C=O) groups is 3. The molecule has 2 fully saturated rings. The predicted molar refractivity (Wildman–Crippen MR) is 117 cm³/mol. The molecule has 0 radical (unpaired) electrons. The summed E-state index contributed by atoms with van der Waals surface area (Å²) in [5.74, 6) is -1.23. The average molecular weight is 470 g/mol. The van der Waals surface area contributed by atoms with Gasteiger partial charge in [-0.1, -0.05) is 46.3 Å². The fraction of sp³-hybridized carbons (Fsp3) is 0.375. The quantitative estimate of drug-likeness (QED) is 0.487. The van der Waals surface area contributed by atoms with E-state index in [-0.39, 0.29) is 36.1 Å². The Morgan fingerprint density at radius 2 is 1.73 bits per heavy atom. The molecule has 2 aliphatic rings. The largest absolute Gasteiger partial charge is 0.455 e. The SMILES string of the molecule is Cc1cc(NC(=O)COC(=O)[C@@H]2[C@H]3CC[C@@H](C3)[C@H]2C(=O)c2ccccc2)ccc1Br. The van der Waals surface area contributed by atoms with Gasteiger partial charge in [0, 0.05) is 21.6 Å². The summed E-state index contributed by atoms with van der Waals surface area (Å²) in [7, 11) is 0. The first-order chi connectivity index (χ1) is 14.4. The zero-order valence-corrected chi connectivity index (χ0v) is 18.4. The maximum atomic E-state index is 13.1. The smallest absolute Gasteiger partial charge is 0.310 e. The van der Waals surface area contributed by atoms with Crippen molar-refractivity contribution in [2.24, 2.45) is 23.7 Å². The predicted octanol–water partition coefficient (Wildman–Crippen LogP) is 4.78. The molecule has 30 heavy (non-hydrogen) atoms. The van der Waals surface area contributed by atoms with Crippen LogP contribution in [0, 0.1) is 30.6 Å². The highest BCUT2D eigenvalue weighted by Crippen LogP contribution is 2.53. The number of aryl methyl sites for hydroxylation is 1. The Balaban J connectivity index is 1.39. The minimum Gasteiger partial charge on any atom is -0.455 e. The summed E-state index contributed by atoms with van der Waals surface area (Å²) in [6.45, 7) is 1.58. The van der Waals surface area contributed by atoms with Crippen LogP contribution in [0.3, 0.4) is 0 Å². The summed E-state index contributed by atoms with van der Waals surface area (Å²) in [6, 6.07) is 14.6. The molecule has 0 aromatic heterocycles. The lowest BCUT2D eigenvalue weighted by Gasteiger charge is -2.28. The lowest BCUT2D eigenvalue weighted by Crippen LogP contribution is -2.37. The first-order valence-electron chi connectivity index (χ1n) is 10.3. The van der Waals surface area contributed by atoms with Crippen LogP contribution < -0.4 is 5.32 Å². The normalized spacial score (nSPS) is 24.5. The van der Waals surface area contributed by atoms with Crippen molar-refractivity contribution in [2.45, 2.75) is 26.2 Å². The van der Waals surface area contributed by atoms with E-state index in [0.717, 1.165) is 29.3 Å². The molecular weight excluding hydrogens is 446 g/mol. The minimum atomic E-state index is -0.459. The van der Waals surface area contributed by atoms with Gasteiger partial charge in [-0.3, -0.25) is 14.4 Å². The number of anilines is 1. The van der Waals surface area contributed by atoms with E-state index >= 15 is 0 Å². The van der Waals surface area contributed by atoms with E-state index < -0.39 is 11.9 Å². The van der Waals surface area contributed by atoms with Gasteiger partial charge in [0.2, 0.25) is 0 Å². The van der Waals surface area contributed by atoms with Gasteiger partial charge in [-0.2, -0.15) is 0 Å². The number of amides is 1. The van der Waals surface area contributed by atoms with Crippen LogP contribution in [-0.2, 0) is 14.3 Å². The van der Waals surface area contributed by atoms with Gasteiger partial charge in [0.15, 0.2) is 12.4 Å². The topological polar surface area (TPSA) is 72.5 Å². The fourth-order valence-corrected chi connectivity index (χ4v) is 5.20. The Labute approximate surface area is 184 Å². The van der Waals surface area contributed by atoms with Crippen LogP contribution >= 0.6 is 15.9 Å². The van der Waals surface area contributed by atoms with Crippen molar-refractivity contribution in [3.8, 4) is 0 Å². The summed E-state index contributed by atoms with van der Waals surface area (Å²) >= 11 is 3.42. The molecule has 0 unspecified atom stereocenters. The number of Topliss-reactive ketones (excluding diaryl/α,β-unsaturated/α-hetero) is 1. The fourth-order valence-electron chi connectivity index (χ4n) is 4.96. The molecular formula is C24H24BrNO4. The lowest BCUT2D eigenvalue weighted by molar-refractivity contribution is -0.154. The third kappa shape index (κ3) is 4.19. The molecule has 2 aromatic carbocycles. The van der Waals surface area contributed by atoms with Crippen LogP contribution in [0.25, 0.3) is 0 Å². The van der Waals surface area contributed by atoms with Gasteiger partial charge < -0.3 is 10.1 Å². The number of nitrogens with one attached hydrogen (secondary N) is 1. The molecule has 1 N–H and O–H groups in total. The number of esters is 1.